The molecule has 1 amide bonds. The van der Waals surface area contributed by atoms with Gasteiger partial charge in [-0.2, -0.15) is 0 Å². The van der Waals surface area contributed by atoms with Crippen LogP contribution in [-0.4, -0.2) is 49.1 Å². The number of carbonyl (C=O) groups excluding carboxylic acids is 1. The SMILES string of the molecule is O=C(NCCCN1CCCC1)c1ccc2c(c1)B(O)OC2. The van der Waals surface area contributed by atoms with Crippen molar-refractivity contribution in [1.82, 2.24) is 10.2 Å². The maximum atomic E-state index is 12.1. The van der Waals surface area contributed by atoms with Crippen LogP contribution in [0.3, 0.4) is 0 Å². The molecule has 2 aliphatic heterocycles. The highest BCUT2D eigenvalue weighted by molar-refractivity contribution is 6.61. The van der Waals surface area contributed by atoms with E-state index >= 15 is 0 Å². The third-order valence-electron chi connectivity index (χ3n) is 4.21. The third-order valence-corrected chi connectivity index (χ3v) is 4.21. The van der Waals surface area contributed by atoms with Crippen LogP contribution >= 0.6 is 0 Å². The van der Waals surface area contributed by atoms with Gasteiger partial charge in [0, 0.05) is 12.1 Å². The summed E-state index contributed by atoms with van der Waals surface area (Å²) in [5.74, 6) is -0.0849. The summed E-state index contributed by atoms with van der Waals surface area (Å²) in [4.78, 5) is 14.5. The highest BCUT2D eigenvalue weighted by Gasteiger charge is 2.27. The summed E-state index contributed by atoms with van der Waals surface area (Å²) in [6, 6.07) is 5.36. The minimum absolute atomic E-state index is 0.0849. The molecule has 2 aliphatic rings. The van der Waals surface area contributed by atoms with Gasteiger partial charge in [0.1, 0.15) is 0 Å². The quantitative estimate of drug-likeness (QED) is 0.597. The summed E-state index contributed by atoms with van der Waals surface area (Å²) in [7, 11) is -0.900. The van der Waals surface area contributed by atoms with Crippen molar-refractivity contribution >= 4 is 18.5 Å². The van der Waals surface area contributed by atoms with Crippen LogP contribution in [0.4, 0.5) is 0 Å². The zero-order valence-corrected chi connectivity index (χ0v) is 12.2. The summed E-state index contributed by atoms with van der Waals surface area (Å²) >= 11 is 0. The lowest BCUT2D eigenvalue weighted by molar-refractivity contribution is 0.0952. The van der Waals surface area contributed by atoms with Crippen LogP contribution in [0.1, 0.15) is 35.2 Å². The number of nitrogens with zero attached hydrogens (tertiary/aromatic N) is 1. The average Bonchev–Trinajstić information content (AvgIpc) is 3.13. The fraction of sp³-hybridized carbons (Fsp3) is 0.533. The molecule has 0 spiro atoms. The number of nitrogens with one attached hydrogen (secondary N) is 1. The van der Waals surface area contributed by atoms with Crippen molar-refractivity contribution < 1.29 is 14.5 Å². The van der Waals surface area contributed by atoms with Crippen LogP contribution in [0.25, 0.3) is 0 Å². The molecule has 0 radical (unpaired) electrons. The van der Waals surface area contributed by atoms with Crippen molar-refractivity contribution in [3.8, 4) is 0 Å². The number of hydrogen-bond donors (Lipinski definition) is 2. The number of fused-ring (bicyclic) bond motifs is 1. The molecule has 2 heterocycles. The third kappa shape index (κ3) is 3.45. The van der Waals surface area contributed by atoms with Crippen molar-refractivity contribution in [1.29, 1.82) is 0 Å². The second-order valence-corrected chi connectivity index (χ2v) is 5.74. The van der Waals surface area contributed by atoms with E-state index in [1.807, 2.05) is 6.07 Å². The number of carbonyl (C=O) groups is 1. The van der Waals surface area contributed by atoms with Crippen molar-refractivity contribution in [2.75, 3.05) is 26.2 Å². The van der Waals surface area contributed by atoms with Gasteiger partial charge in [-0.15, -0.1) is 0 Å². The summed E-state index contributed by atoms with van der Waals surface area (Å²) in [5, 5.41) is 12.6. The molecule has 1 saturated heterocycles. The van der Waals surface area contributed by atoms with Gasteiger partial charge in [-0.3, -0.25) is 4.79 Å². The summed E-state index contributed by atoms with van der Waals surface area (Å²) < 4.78 is 5.13. The Bertz CT molecular complexity index is 518. The average molecular weight is 288 g/mol. The van der Waals surface area contributed by atoms with E-state index in [2.05, 4.69) is 10.2 Å². The van der Waals surface area contributed by atoms with E-state index < -0.39 is 7.12 Å². The van der Waals surface area contributed by atoms with Gasteiger partial charge in [0.2, 0.25) is 0 Å². The number of likely N-dealkylation sites (tertiary alicyclic amines) is 1. The van der Waals surface area contributed by atoms with E-state index in [0.29, 0.717) is 24.2 Å². The van der Waals surface area contributed by atoms with Gasteiger partial charge in [0.25, 0.3) is 5.91 Å². The first-order chi connectivity index (χ1) is 10.2. The molecule has 5 nitrogen and oxygen atoms in total. The van der Waals surface area contributed by atoms with Crippen molar-refractivity contribution in [3.05, 3.63) is 29.3 Å². The molecule has 112 valence electrons. The van der Waals surface area contributed by atoms with Crippen LogP contribution in [0.5, 0.6) is 0 Å². The lowest BCUT2D eigenvalue weighted by Crippen LogP contribution is -2.31. The Morgan fingerprint density at radius 1 is 1.38 bits per heavy atom. The van der Waals surface area contributed by atoms with E-state index in [1.54, 1.807) is 12.1 Å². The number of benzene rings is 1. The van der Waals surface area contributed by atoms with Crippen molar-refractivity contribution in [2.45, 2.75) is 25.9 Å². The van der Waals surface area contributed by atoms with Crippen LogP contribution in [-0.2, 0) is 11.3 Å². The second-order valence-electron chi connectivity index (χ2n) is 5.74. The Hall–Kier alpha value is -1.37. The topological polar surface area (TPSA) is 61.8 Å². The van der Waals surface area contributed by atoms with E-state index in [1.165, 1.54) is 25.9 Å². The van der Waals surface area contributed by atoms with Gasteiger partial charge in [0.05, 0.1) is 6.61 Å². The molecule has 0 unspecified atom stereocenters. The minimum atomic E-state index is -0.900. The molecule has 1 fully saturated rings. The van der Waals surface area contributed by atoms with Crippen molar-refractivity contribution in [3.63, 3.8) is 0 Å². The Labute approximate surface area is 125 Å². The Morgan fingerprint density at radius 2 is 2.19 bits per heavy atom. The molecule has 2 N–H and O–H groups in total. The molecular weight excluding hydrogens is 267 g/mol. The minimum Gasteiger partial charge on any atom is -0.423 e. The van der Waals surface area contributed by atoms with Crippen LogP contribution in [0.2, 0.25) is 0 Å². The first-order valence-electron chi connectivity index (χ1n) is 7.67. The molecule has 21 heavy (non-hydrogen) atoms. The van der Waals surface area contributed by atoms with E-state index in [4.69, 9.17) is 4.65 Å². The van der Waals surface area contributed by atoms with Crippen molar-refractivity contribution in [2.24, 2.45) is 0 Å². The molecule has 1 aromatic rings. The normalized spacial score (nSPS) is 18.0. The van der Waals surface area contributed by atoms with Gasteiger partial charge in [-0.25, -0.2) is 0 Å². The molecular formula is C15H21BN2O3. The molecule has 0 aromatic heterocycles. The summed E-state index contributed by atoms with van der Waals surface area (Å²) in [6.45, 7) is 4.53. The van der Waals surface area contributed by atoms with Crippen LogP contribution in [0, 0.1) is 0 Å². The molecule has 0 bridgehead atoms. The Morgan fingerprint density at radius 3 is 3.00 bits per heavy atom. The molecule has 0 saturated carbocycles. The van der Waals surface area contributed by atoms with Gasteiger partial charge in [-0.1, -0.05) is 6.07 Å². The zero-order valence-electron chi connectivity index (χ0n) is 12.2. The molecule has 0 atom stereocenters. The summed E-state index contributed by atoms with van der Waals surface area (Å²) in [6.07, 6.45) is 3.57. The number of hydrogen-bond acceptors (Lipinski definition) is 4. The lowest BCUT2D eigenvalue weighted by atomic mass is 9.79. The smallest absolute Gasteiger partial charge is 0.423 e. The predicted molar refractivity (Wildman–Crippen MR) is 81.5 cm³/mol. The Balaban J connectivity index is 1.48. The molecule has 0 aliphatic carbocycles. The maximum absolute atomic E-state index is 12.1. The fourth-order valence-corrected chi connectivity index (χ4v) is 2.97. The van der Waals surface area contributed by atoms with Gasteiger partial charge in [-0.05, 0) is 62.1 Å². The monoisotopic (exact) mass is 288 g/mol. The Kier molecular flexibility index (Phi) is 4.58. The van der Waals surface area contributed by atoms with E-state index in [9.17, 15) is 9.82 Å². The first-order valence-corrected chi connectivity index (χ1v) is 7.67. The number of rotatable bonds is 5. The van der Waals surface area contributed by atoms with Gasteiger partial charge < -0.3 is 19.9 Å². The highest BCUT2D eigenvalue weighted by atomic mass is 16.5. The first kappa shape index (κ1) is 14.6. The lowest BCUT2D eigenvalue weighted by Gasteiger charge is -2.14. The molecule has 6 heteroatoms. The predicted octanol–water partition coefficient (Wildman–Crippen LogP) is 0.120. The largest absolute Gasteiger partial charge is 0.491 e. The number of amides is 1. The molecule has 3 rings (SSSR count). The fourth-order valence-electron chi connectivity index (χ4n) is 2.97. The zero-order chi connectivity index (χ0) is 14.7. The van der Waals surface area contributed by atoms with E-state index in [-0.39, 0.29) is 5.91 Å². The van der Waals surface area contributed by atoms with Crippen LogP contribution < -0.4 is 10.8 Å². The van der Waals surface area contributed by atoms with Crippen LogP contribution in [0.15, 0.2) is 18.2 Å². The van der Waals surface area contributed by atoms with Gasteiger partial charge >= 0.3 is 7.12 Å². The van der Waals surface area contributed by atoms with E-state index in [0.717, 1.165) is 18.5 Å². The summed E-state index contributed by atoms with van der Waals surface area (Å²) in [5.41, 5.74) is 2.24. The van der Waals surface area contributed by atoms with Gasteiger partial charge in [0.15, 0.2) is 0 Å². The highest BCUT2D eigenvalue weighted by Crippen LogP contribution is 2.11. The maximum Gasteiger partial charge on any atom is 0.491 e. The second kappa shape index (κ2) is 6.60. The molecule has 1 aromatic carbocycles. The standard InChI is InChI=1S/C15H21BN2O3/c19-15(17-6-3-9-18-7-1-2-8-18)12-4-5-13-11-21-16(20)14(13)10-12/h4-5,10,20H,1-3,6-9,11H2,(H,17,19).